The van der Waals surface area contributed by atoms with Crippen molar-refractivity contribution in [1.29, 1.82) is 0 Å². The average molecular weight is 237 g/mol. The lowest BCUT2D eigenvalue weighted by Crippen LogP contribution is -2.07. The molecule has 0 N–H and O–H groups in total. The maximum Gasteiger partial charge on any atom is 0.279 e. The number of aryl methyl sites for hydroxylation is 1. The molecule has 4 nitrogen and oxygen atoms in total. The Hall–Kier alpha value is -1.78. The number of carbonyl (C=O) groups is 1. The van der Waals surface area contributed by atoms with E-state index < -0.39 is 10.7 Å². The van der Waals surface area contributed by atoms with Crippen molar-refractivity contribution in [3.8, 4) is 0 Å². The molecule has 0 atom stereocenters. The van der Waals surface area contributed by atoms with E-state index in [1.54, 1.807) is 0 Å². The highest BCUT2D eigenvalue weighted by atomic mass is 19.1. The van der Waals surface area contributed by atoms with Gasteiger partial charge in [0.2, 0.25) is 0 Å². The fourth-order valence-corrected chi connectivity index (χ4v) is 2.37. The van der Waals surface area contributed by atoms with Crippen molar-refractivity contribution in [3.63, 3.8) is 0 Å². The Morgan fingerprint density at radius 1 is 1.53 bits per heavy atom. The molecule has 0 bridgehead atoms. The molecular formula is C12H12FNO3. The van der Waals surface area contributed by atoms with Crippen LogP contribution in [0, 0.1) is 15.9 Å². The van der Waals surface area contributed by atoms with Gasteiger partial charge in [-0.25, -0.2) is 4.39 Å². The van der Waals surface area contributed by atoms with E-state index in [9.17, 15) is 19.3 Å². The molecule has 1 aromatic carbocycles. The number of nitrogens with zero attached hydrogens (tertiary/aromatic N) is 1. The van der Waals surface area contributed by atoms with E-state index in [0.717, 1.165) is 6.42 Å². The monoisotopic (exact) mass is 237 g/mol. The Bertz CT molecular complexity index is 511. The van der Waals surface area contributed by atoms with Crippen molar-refractivity contribution in [3.05, 3.63) is 38.7 Å². The highest BCUT2D eigenvalue weighted by molar-refractivity contribution is 5.80. The Balaban J connectivity index is 2.64. The van der Waals surface area contributed by atoms with Crippen molar-refractivity contribution < 1.29 is 14.1 Å². The summed E-state index contributed by atoms with van der Waals surface area (Å²) in [5.74, 6) is -0.905. The van der Waals surface area contributed by atoms with Crippen molar-refractivity contribution in [2.24, 2.45) is 0 Å². The molecule has 0 amide bonds. The zero-order chi connectivity index (χ0) is 12.6. The lowest BCUT2D eigenvalue weighted by molar-refractivity contribution is -0.386. The first-order chi connectivity index (χ1) is 8.00. The minimum absolute atomic E-state index is 0.0665. The van der Waals surface area contributed by atoms with E-state index in [0.29, 0.717) is 24.0 Å². The van der Waals surface area contributed by atoms with Crippen LogP contribution in [0.15, 0.2) is 6.07 Å². The molecule has 0 heterocycles. The molecule has 17 heavy (non-hydrogen) atoms. The van der Waals surface area contributed by atoms with Gasteiger partial charge in [0.05, 0.1) is 10.5 Å². The van der Waals surface area contributed by atoms with Crippen LogP contribution in [0.25, 0.3) is 0 Å². The van der Waals surface area contributed by atoms with Gasteiger partial charge < -0.3 is 0 Å². The molecule has 0 aliphatic heterocycles. The lowest BCUT2D eigenvalue weighted by atomic mass is 9.99. The van der Waals surface area contributed by atoms with Gasteiger partial charge in [0.25, 0.3) is 5.69 Å². The molecule has 0 aromatic heterocycles. The first kappa shape index (κ1) is 11.7. The highest BCUT2D eigenvalue weighted by Gasteiger charge is 2.29. The van der Waals surface area contributed by atoms with Crippen LogP contribution in [0.3, 0.4) is 0 Å². The fourth-order valence-electron chi connectivity index (χ4n) is 2.37. The zero-order valence-electron chi connectivity index (χ0n) is 9.46. The predicted molar refractivity (Wildman–Crippen MR) is 59.5 cm³/mol. The fraction of sp³-hybridized carbons (Fsp3) is 0.417. The second kappa shape index (κ2) is 4.24. The third-order valence-electron chi connectivity index (χ3n) is 3.03. The summed E-state index contributed by atoms with van der Waals surface area (Å²) in [5.41, 5.74) is 1.06. The van der Waals surface area contributed by atoms with Crippen LogP contribution in [0.5, 0.6) is 0 Å². The summed E-state index contributed by atoms with van der Waals surface area (Å²) in [5, 5.41) is 11.0. The highest BCUT2D eigenvalue weighted by Crippen LogP contribution is 2.35. The number of nitro groups is 1. The van der Waals surface area contributed by atoms with Crippen molar-refractivity contribution in [1.82, 2.24) is 0 Å². The van der Waals surface area contributed by atoms with Crippen LogP contribution < -0.4 is 0 Å². The Morgan fingerprint density at radius 2 is 2.24 bits per heavy atom. The number of hydrogen-bond acceptors (Lipinski definition) is 3. The smallest absolute Gasteiger partial charge is 0.279 e. The van der Waals surface area contributed by atoms with Gasteiger partial charge in [-0.3, -0.25) is 14.9 Å². The number of nitro benzene ring substituents is 1. The molecule has 1 aliphatic rings. The summed E-state index contributed by atoms with van der Waals surface area (Å²) in [6.45, 7) is 1.30. The van der Waals surface area contributed by atoms with E-state index >= 15 is 0 Å². The van der Waals surface area contributed by atoms with Gasteiger partial charge in [-0.1, -0.05) is 0 Å². The Labute approximate surface area is 97.6 Å². The number of carbonyl (C=O) groups excluding carboxylic acids is 1. The molecule has 5 heteroatoms. The summed E-state index contributed by atoms with van der Waals surface area (Å²) in [6.07, 6.45) is 1.86. The standard InChI is InChI=1S/C12H12FNO3/c1-7(15)5-10-11(13)6-8-3-2-4-9(8)12(10)14(16)17/h6H,2-5H2,1H3. The van der Waals surface area contributed by atoms with Crippen LogP contribution in [-0.2, 0) is 24.1 Å². The quantitative estimate of drug-likeness (QED) is 0.598. The number of benzene rings is 1. The van der Waals surface area contributed by atoms with Gasteiger partial charge in [0, 0.05) is 12.0 Å². The zero-order valence-corrected chi connectivity index (χ0v) is 9.46. The molecule has 0 radical (unpaired) electrons. The van der Waals surface area contributed by atoms with Gasteiger partial charge in [-0.05, 0) is 37.8 Å². The third kappa shape index (κ3) is 2.05. The molecule has 1 aliphatic carbocycles. The number of fused-ring (bicyclic) bond motifs is 1. The molecule has 0 spiro atoms. The van der Waals surface area contributed by atoms with Crippen molar-refractivity contribution >= 4 is 11.5 Å². The molecule has 0 unspecified atom stereocenters. The average Bonchev–Trinajstić information content (AvgIpc) is 2.64. The lowest BCUT2D eigenvalue weighted by Gasteiger charge is -2.07. The van der Waals surface area contributed by atoms with Crippen LogP contribution in [-0.4, -0.2) is 10.7 Å². The molecule has 0 saturated carbocycles. The van der Waals surface area contributed by atoms with Crippen LogP contribution >= 0.6 is 0 Å². The van der Waals surface area contributed by atoms with Crippen LogP contribution in [0.2, 0.25) is 0 Å². The topological polar surface area (TPSA) is 60.2 Å². The minimum Gasteiger partial charge on any atom is -0.300 e. The second-order valence-corrected chi connectivity index (χ2v) is 4.31. The molecule has 0 saturated heterocycles. The van der Waals surface area contributed by atoms with Gasteiger partial charge in [0.1, 0.15) is 11.6 Å². The van der Waals surface area contributed by atoms with Crippen molar-refractivity contribution in [2.75, 3.05) is 0 Å². The van der Waals surface area contributed by atoms with E-state index in [2.05, 4.69) is 0 Å². The number of hydrogen-bond donors (Lipinski definition) is 0. The number of rotatable bonds is 3. The summed E-state index contributed by atoms with van der Waals surface area (Å²) in [4.78, 5) is 21.5. The summed E-state index contributed by atoms with van der Waals surface area (Å²) in [6, 6.07) is 1.34. The van der Waals surface area contributed by atoms with Gasteiger partial charge >= 0.3 is 0 Å². The first-order valence-corrected chi connectivity index (χ1v) is 5.47. The SMILES string of the molecule is CC(=O)Cc1c(F)cc2c(c1[N+](=O)[O-])CCC2. The van der Waals surface area contributed by atoms with E-state index in [1.807, 2.05) is 0 Å². The number of Topliss-reactive ketones (excluding diaryl/α,β-unsaturated/α-hetero) is 1. The van der Waals surface area contributed by atoms with Gasteiger partial charge in [-0.2, -0.15) is 0 Å². The minimum atomic E-state index is -0.632. The molecule has 90 valence electrons. The van der Waals surface area contributed by atoms with E-state index in [-0.39, 0.29) is 23.5 Å². The molecular weight excluding hydrogens is 225 g/mol. The summed E-state index contributed by atoms with van der Waals surface area (Å²) in [7, 11) is 0. The molecule has 2 rings (SSSR count). The Kier molecular flexibility index (Phi) is 2.92. The van der Waals surface area contributed by atoms with E-state index in [1.165, 1.54) is 13.0 Å². The second-order valence-electron chi connectivity index (χ2n) is 4.31. The third-order valence-corrected chi connectivity index (χ3v) is 3.03. The van der Waals surface area contributed by atoms with E-state index in [4.69, 9.17) is 0 Å². The number of ketones is 1. The summed E-state index contributed by atoms with van der Waals surface area (Å²) >= 11 is 0. The van der Waals surface area contributed by atoms with Crippen LogP contribution in [0.1, 0.15) is 30.0 Å². The Morgan fingerprint density at radius 3 is 2.82 bits per heavy atom. The first-order valence-electron chi connectivity index (χ1n) is 5.47. The molecule has 0 fully saturated rings. The summed E-state index contributed by atoms with van der Waals surface area (Å²) < 4.78 is 13.8. The molecule has 1 aromatic rings. The largest absolute Gasteiger partial charge is 0.300 e. The van der Waals surface area contributed by atoms with Gasteiger partial charge in [-0.15, -0.1) is 0 Å². The number of halogens is 1. The maximum atomic E-state index is 13.8. The maximum absolute atomic E-state index is 13.8. The van der Waals surface area contributed by atoms with Crippen LogP contribution in [0.4, 0.5) is 10.1 Å². The van der Waals surface area contributed by atoms with Crippen molar-refractivity contribution in [2.45, 2.75) is 32.6 Å². The normalized spacial score (nSPS) is 13.5. The predicted octanol–water partition coefficient (Wildman–Crippen LogP) is 2.35. The van der Waals surface area contributed by atoms with Gasteiger partial charge in [0.15, 0.2) is 0 Å².